The molecule has 0 aliphatic carbocycles. The molecule has 0 unspecified atom stereocenters. The summed E-state index contributed by atoms with van der Waals surface area (Å²) >= 11 is 5.81. The number of benzene rings is 1. The van der Waals surface area contributed by atoms with Crippen molar-refractivity contribution >= 4 is 27.3 Å². The average Bonchev–Trinajstić information content (AvgIpc) is 2.76. The number of aromatic nitrogens is 2. The quantitative estimate of drug-likeness (QED) is 0.828. The highest BCUT2D eigenvalue weighted by Gasteiger charge is 2.15. The van der Waals surface area contributed by atoms with Gasteiger partial charge in [-0.1, -0.05) is 11.6 Å². The second kappa shape index (κ2) is 5.20. The summed E-state index contributed by atoms with van der Waals surface area (Å²) in [5, 5.41) is 4.29. The van der Waals surface area contributed by atoms with E-state index in [-0.39, 0.29) is 16.5 Å². The molecule has 2 aromatic rings. The minimum atomic E-state index is -3.63. The number of sulfonamides is 1. The smallest absolute Gasteiger partial charge is 0.240 e. The lowest BCUT2D eigenvalue weighted by Gasteiger charge is -2.06. The van der Waals surface area contributed by atoms with Crippen LogP contribution in [0.4, 0.5) is 5.69 Å². The van der Waals surface area contributed by atoms with Gasteiger partial charge in [0, 0.05) is 13.2 Å². The van der Waals surface area contributed by atoms with E-state index >= 15 is 0 Å². The van der Waals surface area contributed by atoms with E-state index in [1.165, 1.54) is 18.2 Å². The molecule has 1 aromatic heterocycles. The van der Waals surface area contributed by atoms with Gasteiger partial charge in [0.2, 0.25) is 10.0 Å². The maximum atomic E-state index is 12.0. The van der Waals surface area contributed by atoms with Crippen LogP contribution in [-0.4, -0.2) is 18.2 Å². The number of aryl methyl sites for hydroxylation is 1. The molecule has 19 heavy (non-hydrogen) atoms. The molecule has 0 radical (unpaired) electrons. The van der Waals surface area contributed by atoms with Crippen molar-refractivity contribution < 1.29 is 8.42 Å². The van der Waals surface area contributed by atoms with E-state index in [0.29, 0.717) is 11.4 Å². The molecular weight excluding hydrogens is 288 g/mol. The second-order valence-electron chi connectivity index (χ2n) is 3.99. The van der Waals surface area contributed by atoms with E-state index in [2.05, 4.69) is 9.82 Å². The zero-order valence-corrected chi connectivity index (χ0v) is 11.7. The minimum Gasteiger partial charge on any atom is -0.398 e. The van der Waals surface area contributed by atoms with Crippen LogP contribution in [0.2, 0.25) is 5.02 Å². The first-order valence-electron chi connectivity index (χ1n) is 5.42. The first kappa shape index (κ1) is 13.9. The van der Waals surface area contributed by atoms with Crippen molar-refractivity contribution in [3.8, 4) is 0 Å². The Hall–Kier alpha value is -1.57. The molecule has 0 bridgehead atoms. The second-order valence-corrected chi connectivity index (χ2v) is 6.16. The lowest BCUT2D eigenvalue weighted by atomic mass is 10.3. The first-order chi connectivity index (χ1) is 8.88. The summed E-state index contributed by atoms with van der Waals surface area (Å²) in [6.07, 6.45) is 1.74. The first-order valence-corrected chi connectivity index (χ1v) is 7.28. The van der Waals surface area contributed by atoms with E-state index in [1.807, 2.05) is 0 Å². The molecule has 0 spiro atoms. The van der Waals surface area contributed by atoms with Crippen molar-refractivity contribution in [1.82, 2.24) is 14.5 Å². The third-order valence-electron chi connectivity index (χ3n) is 2.49. The molecule has 0 amide bonds. The van der Waals surface area contributed by atoms with Crippen LogP contribution in [0.1, 0.15) is 5.69 Å². The minimum absolute atomic E-state index is 0.0719. The normalized spacial score (nSPS) is 11.7. The lowest BCUT2D eigenvalue weighted by molar-refractivity contribution is 0.579. The predicted octanol–water partition coefficient (Wildman–Crippen LogP) is 1.13. The zero-order valence-electron chi connectivity index (χ0n) is 10.2. The standard InChI is InChI=1S/C11H13ClN4O2S/c1-16-5-4-8(15-16)7-14-19(17,18)9-2-3-11(13)10(12)6-9/h2-6,14H,7,13H2,1H3. The molecule has 1 heterocycles. The van der Waals surface area contributed by atoms with Crippen LogP contribution < -0.4 is 10.5 Å². The monoisotopic (exact) mass is 300 g/mol. The Morgan fingerprint density at radius 1 is 1.42 bits per heavy atom. The third kappa shape index (κ3) is 3.25. The fourth-order valence-corrected chi connectivity index (χ4v) is 2.75. The number of halogens is 1. The molecule has 0 saturated carbocycles. The van der Waals surface area contributed by atoms with E-state index < -0.39 is 10.0 Å². The molecule has 0 saturated heterocycles. The van der Waals surface area contributed by atoms with E-state index in [4.69, 9.17) is 17.3 Å². The van der Waals surface area contributed by atoms with Gasteiger partial charge in [-0.3, -0.25) is 4.68 Å². The number of hydrogen-bond acceptors (Lipinski definition) is 4. The lowest BCUT2D eigenvalue weighted by Crippen LogP contribution is -2.23. The van der Waals surface area contributed by atoms with Crippen LogP contribution in [0.5, 0.6) is 0 Å². The maximum absolute atomic E-state index is 12.0. The third-order valence-corrected chi connectivity index (χ3v) is 4.22. The largest absolute Gasteiger partial charge is 0.398 e. The van der Waals surface area contributed by atoms with E-state index in [9.17, 15) is 8.42 Å². The molecule has 0 aliphatic heterocycles. The molecule has 0 fully saturated rings. The van der Waals surface area contributed by atoms with Crippen LogP contribution in [0.25, 0.3) is 0 Å². The summed E-state index contributed by atoms with van der Waals surface area (Å²) in [7, 11) is -1.87. The Balaban J connectivity index is 2.16. The van der Waals surface area contributed by atoms with Gasteiger partial charge in [-0.2, -0.15) is 5.10 Å². The molecular formula is C11H13ClN4O2S. The van der Waals surface area contributed by atoms with Gasteiger partial charge >= 0.3 is 0 Å². The topological polar surface area (TPSA) is 90.0 Å². The molecule has 1 aromatic carbocycles. The van der Waals surface area contributed by atoms with Gasteiger partial charge in [-0.05, 0) is 24.3 Å². The van der Waals surface area contributed by atoms with E-state index in [1.54, 1.807) is 24.0 Å². The zero-order chi connectivity index (χ0) is 14.0. The highest BCUT2D eigenvalue weighted by molar-refractivity contribution is 7.89. The number of nitrogens with one attached hydrogen (secondary N) is 1. The van der Waals surface area contributed by atoms with Crippen LogP contribution in [0, 0.1) is 0 Å². The highest BCUT2D eigenvalue weighted by Crippen LogP contribution is 2.22. The molecule has 2 rings (SSSR count). The van der Waals surface area contributed by atoms with Crippen LogP contribution in [-0.2, 0) is 23.6 Å². The summed E-state index contributed by atoms with van der Waals surface area (Å²) in [5.41, 5.74) is 6.51. The fourth-order valence-electron chi connectivity index (χ4n) is 1.48. The van der Waals surface area contributed by atoms with Crippen molar-refractivity contribution in [3.63, 3.8) is 0 Å². The average molecular weight is 301 g/mol. The number of rotatable bonds is 4. The van der Waals surface area contributed by atoms with Crippen LogP contribution >= 0.6 is 11.6 Å². The molecule has 102 valence electrons. The summed E-state index contributed by atoms with van der Waals surface area (Å²) in [5.74, 6) is 0. The Morgan fingerprint density at radius 3 is 2.74 bits per heavy atom. The van der Waals surface area contributed by atoms with Crippen LogP contribution in [0.3, 0.4) is 0 Å². The number of nitrogens with zero attached hydrogens (tertiary/aromatic N) is 2. The molecule has 0 aliphatic rings. The van der Waals surface area contributed by atoms with Gasteiger partial charge in [0.1, 0.15) is 0 Å². The summed E-state index contributed by atoms with van der Waals surface area (Å²) < 4.78 is 28.1. The van der Waals surface area contributed by atoms with E-state index in [0.717, 1.165) is 0 Å². The van der Waals surface area contributed by atoms with Gasteiger partial charge in [0.05, 0.1) is 27.8 Å². The van der Waals surface area contributed by atoms with Gasteiger partial charge < -0.3 is 5.73 Å². The van der Waals surface area contributed by atoms with Crippen molar-refractivity contribution in [2.24, 2.45) is 7.05 Å². The summed E-state index contributed by atoms with van der Waals surface area (Å²) in [4.78, 5) is 0.0719. The Kier molecular flexibility index (Phi) is 3.79. The SMILES string of the molecule is Cn1ccc(CNS(=O)(=O)c2ccc(N)c(Cl)c2)n1. The number of anilines is 1. The Labute approximate surface area is 116 Å². The van der Waals surface area contributed by atoms with Crippen molar-refractivity contribution in [2.45, 2.75) is 11.4 Å². The number of hydrogen-bond donors (Lipinski definition) is 2. The van der Waals surface area contributed by atoms with Gasteiger partial charge in [-0.25, -0.2) is 13.1 Å². The van der Waals surface area contributed by atoms with Crippen molar-refractivity contribution in [2.75, 3.05) is 5.73 Å². The molecule has 3 N–H and O–H groups in total. The predicted molar refractivity (Wildman–Crippen MR) is 73.1 cm³/mol. The summed E-state index contributed by atoms with van der Waals surface area (Å²) in [6.45, 7) is 0.116. The van der Waals surface area contributed by atoms with Gasteiger partial charge in [-0.15, -0.1) is 0 Å². The maximum Gasteiger partial charge on any atom is 0.240 e. The van der Waals surface area contributed by atoms with Gasteiger partial charge in [0.25, 0.3) is 0 Å². The Bertz CT molecular complexity index is 696. The Morgan fingerprint density at radius 2 is 2.16 bits per heavy atom. The van der Waals surface area contributed by atoms with Crippen molar-refractivity contribution in [3.05, 3.63) is 41.2 Å². The van der Waals surface area contributed by atoms with Crippen LogP contribution in [0.15, 0.2) is 35.4 Å². The number of nitrogen functional groups attached to an aromatic ring is 1. The fraction of sp³-hybridized carbons (Fsp3) is 0.182. The molecule has 8 heteroatoms. The molecule has 6 nitrogen and oxygen atoms in total. The highest BCUT2D eigenvalue weighted by atomic mass is 35.5. The van der Waals surface area contributed by atoms with Gasteiger partial charge in [0.15, 0.2) is 0 Å². The molecule has 0 atom stereocenters. The number of nitrogens with two attached hydrogens (primary N) is 1. The van der Waals surface area contributed by atoms with Crippen molar-refractivity contribution in [1.29, 1.82) is 0 Å². The summed E-state index contributed by atoms with van der Waals surface area (Å²) in [6, 6.07) is 5.91.